The van der Waals surface area contributed by atoms with Gasteiger partial charge in [-0.05, 0) is 43.2 Å². The van der Waals surface area contributed by atoms with E-state index < -0.39 is 23.7 Å². The van der Waals surface area contributed by atoms with Gasteiger partial charge in [0.15, 0.2) is 11.0 Å². The topological polar surface area (TPSA) is 88.9 Å². The van der Waals surface area contributed by atoms with Crippen molar-refractivity contribution in [1.29, 1.82) is 0 Å². The van der Waals surface area contributed by atoms with Crippen LogP contribution < -0.4 is 10.6 Å². The van der Waals surface area contributed by atoms with E-state index in [0.29, 0.717) is 16.5 Å². The number of carbonyl (C=O) groups excluding carboxylic acids is 2. The Bertz CT molecular complexity index is 1250. The third-order valence-electron chi connectivity index (χ3n) is 5.31. The summed E-state index contributed by atoms with van der Waals surface area (Å²) in [4.78, 5) is 25.2. The highest BCUT2D eigenvalue weighted by atomic mass is 35.5. The number of amides is 2. The van der Waals surface area contributed by atoms with E-state index in [1.807, 2.05) is 32.9 Å². The van der Waals surface area contributed by atoms with E-state index >= 15 is 0 Å². The summed E-state index contributed by atoms with van der Waals surface area (Å²) in [5, 5.41) is 14.1. The van der Waals surface area contributed by atoms with Crippen molar-refractivity contribution in [3.63, 3.8) is 0 Å². The van der Waals surface area contributed by atoms with Crippen LogP contribution in [0.1, 0.15) is 47.2 Å². The molecule has 0 spiro atoms. The number of thioether (sulfide) groups is 1. The summed E-state index contributed by atoms with van der Waals surface area (Å²) in [6.07, 6.45) is -4.56. The van der Waals surface area contributed by atoms with Crippen LogP contribution in [0.5, 0.6) is 0 Å². The molecule has 0 radical (unpaired) electrons. The number of halogens is 4. The fourth-order valence-corrected chi connectivity index (χ4v) is 4.18. The molecule has 0 saturated carbocycles. The lowest BCUT2D eigenvalue weighted by Crippen LogP contribution is -2.33. The SMILES string of the molecule is Cc1ccc(C(=O)N[C@@H](c2nnc(SCC(=O)Nc3cc(C(F)(F)F)ccc3Cl)n2C)C(C)C)cc1. The van der Waals surface area contributed by atoms with Gasteiger partial charge < -0.3 is 15.2 Å². The van der Waals surface area contributed by atoms with Gasteiger partial charge in [-0.1, -0.05) is 54.9 Å². The fourth-order valence-electron chi connectivity index (χ4n) is 3.30. The number of nitrogens with one attached hydrogen (secondary N) is 2. The Hall–Kier alpha value is -3.05. The first-order chi connectivity index (χ1) is 16.9. The summed E-state index contributed by atoms with van der Waals surface area (Å²) in [6.45, 7) is 5.81. The number of hydrogen-bond acceptors (Lipinski definition) is 5. The molecule has 12 heteroatoms. The van der Waals surface area contributed by atoms with Gasteiger partial charge in [-0.3, -0.25) is 9.59 Å². The van der Waals surface area contributed by atoms with Crippen LogP contribution in [-0.4, -0.2) is 32.3 Å². The molecule has 2 N–H and O–H groups in total. The van der Waals surface area contributed by atoms with Crippen LogP contribution in [0.15, 0.2) is 47.6 Å². The molecule has 3 rings (SSSR count). The third kappa shape index (κ3) is 6.79. The molecule has 0 fully saturated rings. The van der Waals surface area contributed by atoms with Gasteiger partial charge in [-0.2, -0.15) is 13.2 Å². The van der Waals surface area contributed by atoms with Gasteiger partial charge in [0.1, 0.15) is 0 Å². The van der Waals surface area contributed by atoms with Gasteiger partial charge in [0, 0.05) is 12.6 Å². The van der Waals surface area contributed by atoms with Crippen LogP contribution in [0, 0.1) is 12.8 Å². The third-order valence-corrected chi connectivity index (χ3v) is 6.66. The first-order valence-corrected chi connectivity index (χ1v) is 12.3. The number of hydrogen-bond donors (Lipinski definition) is 2. The first-order valence-electron chi connectivity index (χ1n) is 10.9. The molecule has 0 aliphatic carbocycles. The number of aromatic nitrogens is 3. The lowest BCUT2D eigenvalue weighted by Gasteiger charge is -2.21. The number of aryl methyl sites for hydroxylation is 1. The van der Waals surface area contributed by atoms with Gasteiger partial charge in [0.05, 0.1) is 28.1 Å². The Morgan fingerprint density at radius 1 is 1.11 bits per heavy atom. The Kier molecular flexibility index (Phi) is 8.67. The van der Waals surface area contributed by atoms with Crippen LogP contribution in [-0.2, 0) is 18.0 Å². The van der Waals surface area contributed by atoms with Crippen LogP contribution in [0.25, 0.3) is 0 Å². The second kappa shape index (κ2) is 11.3. The van der Waals surface area contributed by atoms with E-state index in [1.54, 1.807) is 23.7 Å². The van der Waals surface area contributed by atoms with Crippen molar-refractivity contribution in [2.75, 3.05) is 11.1 Å². The zero-order chi connectivity index (χ0) is 26.6. The van der Waals surface area contributed by atoms with E-state index in [-0.39, 0.29) is 28.3 Å². The summed E-state index contributed by atoms with van der Waals surface area (Å²) in [6, 6.07) is 9.47. The lowest BCUT2D eigenvalue weighted by molar-refractivity contribution is -0.137. The predicted molar refractivity (Wildman–Crippen MR) is 133 cm³/mol. The van der Waals surface area contributed by atoms with Crippen molar-refractivity contribution in [3.05, 3.63) is 70.0 Å². The number of rotatable bonds is 8. The molecule has 3 aromatic rings. The van der Waals surface area contributed by atoms with Crippen molar-refractivity contribution in [1.82, 2.24) is 20.1 Å². The van der Waals surface area contributed by atoms with Crippen molar-refractivity contribution < 1.29 is 22.8 Å². The molecule has 36 heavy (non-hydrogen) atoms. The molecule has 1 atom stereocenters. The minimum Gasteiger partial charge on any atom is -0.342 e. The van der Waals surface area contributed by atoms with Gasteiger partial charge in [-0.15, -0.1) is 10.2 Å². The Morgan fingerprint density at radius 2 is 1.78 bits per heavy atom. The largest absolute Gasteiger partial charge is 0.416 e. The summed E-state index contributed by atoms with van der Waals surface area (Å²) in [7, 11) is 1.71. The average Bonchev–Trinajstić information content (AvgIpc) is 3.16. The second-order valence-electron chi connectivity index (χ2n) is 8.49. The molecule has 0 saturated heterocycles. The van der Waals surface area contributed by atoms with E-state index in [2.05, 4.69) is 20.8 Å². The van der Waals surface area contributed by atoms with E-state index in [0.717, 1.165) is 35.5 Å². The highest BCUT2D eigenvalue weighted by Crippen LogP contribution is 2.34. The maximum Gasteiger partial charge on any atom is 0.416 e. The minimum atomic E-state index is -4.56. The summed E-state index contributed by atoms with van der Waals surface area (Å²) in [5.41, 5.74) is 0.517. The van der Waals surface area contributed by atoms with Crippen molar-refractivity contribution in [2.45, 2.75) is 38.1 Å². The van der Waals surface area contributed by atoms with Crippen molar-refractivity contribution >= 4 is 40.9 Å². The van der Waals surface area contributed by atoms with Crippen LogP contribution in [0.2, 0.25) is 5.02 Å². The molecular weight excluding hydrogens is 515 g/mol. The molecule has 1 aromatic heterocycles. The molecule has 0 unspecified atom stereocenters. The first kappa shape index (κ1) is 27.5. The molecular formula is C24H25ClF3N5O2S. The minimum absolute atomic E-state index is 0.00787. The maximum absolute atomic E-state index is 13.0. The van der Waals surface area contributed by atoms with Crippen molar-refractivity contribution in [3.8, 4) is 0 Å². The molecule has 0 bridgehead atoms. The van der Waals surface area contributed by atoms with Gasteiger partial charge in [-0.25, -0.2) is 0 Å². The lowest BCUT2D eigenvalue weighted by atomic mass is 10.0. The molecule has 1 heterocycles. The smallest absolute Gasteiger partial charge is 0.342 e. The van der Waals surface area contributed by atoms with E-state index in [1.165, 1.54) is 0 Å². The normalized spacial score (nSPS) is 12.5. The predicted octanol–water partition coefficient (Wildman–Crippen LogP) is 5.65. The fraction of sp³-hybridized carbons (Fsp3) is 0.333. The molecule has 2 aromatic carbocycles. The summed E-state index contributed by atoms with van der Waals surface area (Å²) < 4.78 is 40.6. The Balaban J connectivity index is 1.68. The second-order valence-corrected chi connectivity index (χ2v) is 9.84. The summed E-state index contributed by atoms with van der Waals surface area (Å²) in [5.74, 6) is -0.441. The van der Waals surface area contributed by atoms with E-state index in [4.69, 9.17) is 11.6 Å². The maximum atomic E-state index is 13.0. The molecule has 7 nitrogen and oxygen atoms in total. The summed E-state index contributed by atoms with van der Waals surface area (Å²) >= 11 is 7.00. The average molecular weight is 540 g/mol. The Labute approximate surface area is 215 Å². The number of benzene rings is 2. The zero-order valence-electron chi connectivity index (χ0n) is 20.0. The van der Waals surface area contributed by atoms with Gasteiger partial charge in [0.25, 0.3) is 5.91 Å². The van der Waals surface area contributed by atoms with Crippen LogP contribution >= 0.6 is 23.4 Å². The van der Waals surface area contributed by atoms with Crippen LogP contribution in [0.4, 0.5) is 18.9 Å². The van der Waals surface area contributed by atoms with Gasteiger partial charge in [0.2, 0.25) is 5.91 Å². The number of carbonyl (C=O) groups is 2. The molecule has 0 aliphatic heterocycles. The number of nitrogens with zero attached hydrogens (tertiary/aromatic N) is 3. The van der Waals surface area contributed by atoms with E-state index in [9.17, 15) is 22.8 Å². The highest BCUT2D eigenvalue weighted by molar-refractivity contribution is 7.99. The zero-order valence-corrected chi connectivity index (χ0v) is 21.6. The quantitative estimate of drug-likeness (QED) is 0.361. The monoisotopic (exact) mass is 539 g/mol. The van der Waals surface area contributed by atoms with Gasteiger partial charge >= 0.3 is 6.18 Å². The van der Waals surface area contributed by atoms with Crippen LogP contribution in [0.3, 0.4) is 0 Å². The molecule has 2 amide bonds. The highest BCUT2D eigenvalue weighted by Gasteiger charge is 2.31. The van der Waals surface area contributed by atoms with Crippen molar-refractivity contribution in [2.24, 2.45) is 13.0 Å². The standard InChI is InChI=1S/C24H25ClF3N5O2S/c1-13(2)20(30-22(35)15-7-5-14(3)6-8-15)21-31-32-23(33(21)4)36-12-19(34)29-18-11-16(24(26,27)28)9-10-17(18)25/h5-11,13,20H,12H2,1-4H3,(H,29,34)(H,30,35)/t20-/m1/s1. The molecule has 192 valence electrons. The Morgan fingerprint density at radius 3 is 2.39 bits per heavy atom. The number of anilines is 1. The number of alkyl halides is 3. The molecule has 0 aliphatic rings.